The van der Waals surface area contributed by atoms with E-state index in [9.17, 15) is 9.59 Å². The lowest BCUT2D eigenvalue weighted by Crippen LogP contribution is -2.42. The highest BCUT2D eigenvalue weighted by molar-refractivity contribution is 7.13. The number of hydrogen-bond donors (Lipinski definition) is 1. The van der Waals surface area contributed by atoms with Gasteiger partial charge in [-0.25, -0.2) is 4.79 Å². The molecule has 0 saturated carbocycles. The minimum Gasteiger partial charge on any atom is -0.497 e. The van der Waals surface area contributed by atoms with E-state index in [1.807, 2.05) is 84.2 Å². The number of rotatable bonds is 4. The molecule has 2 heterocycles. The maximum Gasteiger partial charge on any atom is 0.350 e. The van der Waals surface area contributed by atoms with Crippen LogP contribution in [0.4, 0.5) is 5.69 Å². The zero-order valence-corrected chi connectivity index (χ0v) is 18.9. The van der Waals surface area contributed by atoms with Crippen molar-refractivity contribution in [1.82, 2.24) is 0 Å². The highest BCUT2D eigenvalue weighted by Gasteiger charge is 2.48. The lowest BCUT2D eigenvalue weighted by molar-refractivity contribution is -0.119. The summed E-state index contributed by atoms with van der Waals surface area (Å²) in [6, 6.07) is 25.1. The summed E-state index contributed by atoms with van der Waals surface area (Å²) in [4.78, 5) is 27.2. The summed E-state index contributed by atoms with van der Waals surface area (Å²) in [6.07, 6.45) is 0. The minimum absolute atomic E-state index is 0.253. The van der Waals surface area contributed by atoms with Crippen molar-refractivity contribution in [2.75, 3.05) is 19.5 Å². The number of carbonyl (C=O) groups excluding carboxylic acids is 2. The number of ether oxygens (including phenoxy) is 2. The Labute approximate surface area is 195 Å². The molecule has 6 heteroatoms. The standard InChI is InChI=1S/C27H21NO4S/c1-31-19-13-14-20-21-16-33-24(25(29)32-2)23(21)28-26(30)27(22(20)15-19,17-9-5-3-6-10-17)18-11-7-4-8-12-18/h3-16H,1-2H3,(H,28,30). The fourth-order valence-electron chi connectivity index (χ4n) is 4.56. The van der Waals surface area contributed by atoms with Gasteiger partial charge in [-0.05, 0) is 34.4 Å². The average Bonchev–Trinajstić information content (AvgIpc) is 3.24. The first-order valence-corrected chi connectivity index (χ1v) is 11.3. The van der Waals surface area contributed by atoms with Gasteiger partial charge in [0.05, 0.1) is 19.9 Å². The Morgan fingerprint density at radius 1 is 0.879 bits per heavy atom. The minimum atomic E-state index is -1.17. The first kappa shape index (κ1) is 21.0. The van der Waals surface area contributed by atoms with Crippen LogP contribution in [0, 0.1) is 0 Å². The van der Waals surface area contributed by atoms with Gasteiger partial charge in [0.2, 0.25) is 5.91 Å². The third-order valence-electron chi connectivity index (χ3n) is 6.08. The van der Waals surface area contributed by atoms with E-state index < -0.39 is 11.4 Å². The maximum absolute atomic E-state index is 14.3. The fraction of sp³-hybridized carbons (Fsp3) is 0.111. The van der Waals surface area contributed by atoms with Crippen LogP contribution in [0.15, 0.2) is 84.2 Å². The summed E-state index contributed by atoms with van der Waals surface area (Å²) in [5.74, 6) is -0.0927. The Bertz CT molecular complexity index is 1310. The molecular formula is C27H21NO4S. The van der Waals surface area contributed by atoms with Crippen LogP contribution in [-0.2, 0) is 14.9 Å². The fourth-order valence-corrected chi connectivity index (χ4v) is 5.50. The van der Waals surface area contributed by atoms with Crippen LogP contribution in [-0.4, -0.2) is 26.1 Å². The van der Waals surface area contributed by atoms with Crippen LogP contribution in [0.1, 0.15) is 26.4 Å². The Morgan fingerprint density at radius 3 is 2.09 bits per heavy atom. The first-order valence-electron chi connectivity index (χ1n) is 10.4. The summed E-state index contributed by atoms with van der Waals surface area (Å²) in [5.41, 5.74) is 3.34. The predicted molar refractivity (Wildman–Crippen MR) is 129 cm³/mol. The average molecular weight is 456 g/mol. The molecule has 5 nitrogen and oxygen atoms in total. The van der Waals surface area contributed by atoms with Crippen LogP contribution >= 0.6 is 11.3 Å². The first-order chi connectivity index (χ1) is 16.1. The molecule has 0 radical (unpaired) electrons. The molecule has 33 heavy (non-hydrogen) atoms. The Balaban J connectivity index is 1.92. The Morgan fingerprint density at radius 2 is 1.52 bits per heavy atom. The SMILES string of the molecule is COC(=O)c1scc2c1NC(=O)C(c1ccccc1)(c1ccccc1)c1cc(OC)ccc1-2. The van der Waals surface area contributed by atoms with Crippen LogP contribution < -0.4 is 10.1 Å². The number of thiophene rings is 1. The van der Waals surface area contributed by atoms with Crippen molar-refractivity contribution in [3.05, 3.63) is 106 Å². The number of amides is 1. The van der Waals surface area contributed by atoms with Crippen molar-refractivity contribution in [3.8, 4) is 16.9 Å². The molecule has 0 fully saturated rings. The van der Waals surface area contributed by atoms with E-state index in [0.717, 1.165) is 27.8 Å². The molecule has 5 rings (SSSR count). The summed E-state index contributed by atoms with van der Waals surface area (Å²) in [7, 11) is 2.95. The van der Waals surface area contributed by atoms with Gasteiger partial charge in [0, 0.05) is 10.9 Å². The molecule has 0 atom stereocenters. The number of hydrogen-bond acceptors (Lipinski definition) is 5. The zero-order chi connectivity index (χ0) is 23.0. The van der Waals surface area contributed by atoms with Gasteiger partial charge in [-0.15, -0.1) is 11.3 Å². The largest absolute Gasteiger partial charge is 0.497 e. The van der Waals surface area contributed by atoms with Crippen molar-refractivity contribution in [2.24, 2.45) is 0 Å². The van der Waals surface area contributed by atoms with Crippen LogP contribution in [0.3, 0.4) is 0 Å². The summed E-state index contributed by atoms with van der Waals surface area (Å²) >= 11 is 1.25. The molecule has 1 aliphatic rings. The molecule has 164 valence electrons. The highest BCUT2D eigenvalue weighted by atomic mass is 32.1. The van der Waals surface area contributed by atoms with Crippen molar-refractivity contribution in [1.29, 1.82) is 0 Å². The lowest BCUT2D eigenvalue weighted by Gasteiger charge is -2.34. The highest BCUT2D eigenvalue weighted by Crippen LogP contribution is 2.51. The second-order valence-electron chi connectivity index (χ2n) is 7.69. The maximum atomic E-state index is 14.3. The monoisotopic (exact) mass is 455 g/mol. The smallest absolute Gasteiger partial charge is 0.350 e. The number of anilines is 1. The Hall–Kier alpha value is -3.90. The molecule has 4 aromatic rings. The molecule has 0 bridgehead atoms. The van der Waals surface area contributed by atoms with Gasteiger partial charge in [0.15, 0.2) is 0 Å². The third-order valence-corrected chi connectivity index (χ3v) is 7.04. The number of nitrogens with one attached hydrogen (secondary N) is 1. The lowest BCUT2D eigenvalue weighted by atomic mass is 9.67. The number of methoxy groups -OCH3 is 2. The molecular weight excluding hydrogens is 434 g/mol. The van der Waals surface area contributed by atoms with E-state index in [1.165, 1.54) is 18.4 Å². The number of benzene rings is 3. The van der Waals surface area contributed by atoms with E-state index in [2.05, 4.69) is 5.32 Å². The number of fused-ring (bicyclic) bond motifs is 3. The van der Waals surface area contributed by atoms with Gasteiger partial charge in [0.25, 0.3) is 0 Å². The molecule has 1 aliphatic heterocycles. The second kappa shape index (κ2) is 8.22. The van der Waals surface area contributed by atoms with Gasteiger partial charge >= 0.3 is 5.97 Å². The van der Waals surface area contributed by atoms with Gasteiger partial charge in [-0.3, -0.25) is 4.79 Å². The van der Waals surface area contributed by atoms with Gasteiger partial charge in [-0.1, -0.05) is 66.7 Å². The summed E-state index contributed by atoms with van der Waals surface area (Å²) < 4.78 is 10.5. The molecule has 0 spiro atoms. The molecule has 1 amide bonds. The molecule has 1 aromatic heterocycles. The van der Waals surface area contributed by atoms with E-state index in [1.54, 1.807) is 7.11 Å². The van der Waals surface area contributed by atoms with Crippen molar-refractivity contribution < 1.29 is 19.1 Å². The second-order valence-corrected chi connectivity index (χ2v) is 8.57. The predicted octanol–water partition coefficient (Wildman–Crippen LogP) is 5.50. The molecule has 1 N–H and O–H groups in total. The molecule has 0 aliphatic carbocycles. The van der Waals surface area contributed by atoms with Gasteiger partial charge in [-0.2, -0.15) is 0 Å². The third kappa shape index (κ3) is 3.14. The van der Waals surface area contributed by atoms with Crippen LogP contribution in [0.2, 0.25) is 0 Å². The van der Waals surface area contributed by atoms with Crippen molar-refractivity contribution in [2.45, 2.75) is 5.41 Å². The van der Waals surface area contributed by atoms with Crippen molar-refractivity contribution >= 4 is 28.9 Å². The van der Waals surface area contributed by atoms with E-state index in [0.29, 0.717) is 16.3 Å². The summed E-state index contributed by atoms with van der Waals surface area (Å²) in [6.45, 7) is 0. The number of esters is 1. The zero-order valence-electron chi connectivity index (χ0n) is 18.1. The van der Waals surface area contributed by atoms with Gasteiger partial charge in [0.1, 0.15) is 16.0 Å². The van der Waals surface area contributed by atoms with E-state index in [-0.39, 0.29) is 5.91 Å². The normalized spacial score (nSPS) is 13.8. The molecule has 0 unspecified atom stereocenters. The van der Waals surface area contributed by atoms with E-state index in [4.69, 9.17) is 9.47 Å². The van der Waals surface area contributed by atoms with Crippen LogP contribution in [0.25, 0.3) is 11.1 Å². The number of carbonyl (C=O) groups is 2. The molecule has 3 aromatic carbocycles. The quantitative estimate of drug-likeness (QED) is 0.413. The Kier molecular flexibility index (Phi) is 5.23. The summed E-state index contributed by atoms with van der Waals surface area (Å²) in [5, 5.41) is 4.98. The molecule has 0 saturated heterocycles. The van der Waals surface area contributed by atoms with Gasteiger partial charge < -0.3 is 14.8 Å². The van der Waals surface area contributed by atoms with Crippen molar-refractivity contribution in [3.63, 3.8) is 0 Å². The van der Waals surface area contributed by atoms with Crippen LogP contribution in [0.5, 0.6) is 5.75 Å². The topological polar surface area (TPSA) is 64.6 Å². The van der Waals surface area contributed by atoms with E-state index >= 15 is 0 Å².